The van der Waals surface area contributed by atoms with Crippen LogP contribution in [0.4, 0.5) is 14.6 Å². The summed E-state index contributed by atoms with van der Waals surface area (Å²) in [4.78, 5) is 50.6. The second-order valence-corrected chi connectivity index (χ2v) is 10.3. The van der Waals surface area contributed by atoms with Gasteiger partial charge < -0.3 is 40.3 Å². The Kier molecular flexibility index (Phi) is 10.0. The minimum absolute atomic E-state index is 0.210. The predicted octanol–water partition coefficient (Wildman–Crippen LogP) is -0.419. The lowest BCUT2D eigenvalue weighted by molar-refractivity contribution is -0.172. The molecule has 0 aromatic carbocycles. The highest BCUT2D eigenvalue weighted by atomic mass is 31.3. The van der Waals surface area contributed by atoms with Crippen LogP contribution in [0.1, 0.15) is 0 Å². The number of rotatable bonds is 13. The lowest BCUT2D eigenvalue weighted by Crippen LogP contribution is -2.52. The topological polar surface area (TPSA) is 270 Å². The molecule has 0 spiro atoms. The molecule has 0 aliphatic carbocycles. The van der Waals surface area contributed by atoms with Crippen LogP contribution in [0.2, 0.25) is 0 Å². The third-order valence-electron chi connectivity index (χ3n) is 3.39. The van der Waals surface area contributed by atoms with Gasteiger partial charge in [-0.1, -0.05) is 0 Å². The average Bonchev–Trinajstić information content (AvgIpc) is 2.65. The lowest BCUT2D eigenvalue weighted by Gasteiger charge is -2.34. The molecule has 1 heterocycles. The van der Waals surface area contributed by atoms with Gasteiger partial charge in [-0.3, -0.25) is 9.09 Å². The first-order valence-electron chi connectivity index (χ1n) is 7.94. The Morgan fingerprint density at radius 3 is 2.33 bits per heavy atom. The number of anilines is 1. The van der Waals surface area contributed by atoms with Gasteiger partial charge in [-0.2, -0.15) is 13.6 Å². The van der Waals surface area contributed by atoms with E-state index in [9.17, 15) is 42.4 Å². The quantitative estimate of drug-likeness (QED) is 0.122. The third kappa shape index (κ3) is 9.29. The van der Waals surface area contributed by atoms with Crippen LogP contribution in [0.15, 0.2) is 29.1 Å². The van der Waals surface area contributed by atoms with Crippen molar-refractivity contribution in [1.29, 1.82) is 0 Å². The predicted molar refractivity (Wildman–Crippen MR) is 100 cm³/mol. The van der Waals surface area contributed by atoms with Crippen molar-refractivity contribution in [3.8, 4) is 0 Å². The fraction of sp³-hybridized carbons (Fsp3) is 0.455. The van der Waals surface area contributed by atoms with Crippen molar-refractivity contribution in [3.63, 3.8) is 0 Å². The molecule has 8 N–H and O–H groups in total. The summed E-state index contributed by atoms with van der Waals surface area (Å²) in [5.74, 6) is -1.77. The number of ether oxygens (including phenoxy) is 1. The smallest absolute Gasteiger partial charge is 0.490 e. The molecule has 1 aromatic rings. The zero-order valence-electron chi connectivity index (χ0n) is 15.9. The van der Waals surface area contributed by atoms with Gasteiger partial charge in [0.15, 0.2) is 11.4 Å². The summed E-state index contributed by atoms with van der Waals surface area (Å²) in [5.41, 5.74) is 1.28. The Labute approximate surface area is 182 Å². The molecule has 190 valence electrons. The zero-order valence-corrected chi connectivity index (χ0v) is 18.6. The lowest BCUT2D eigenvalue weighted by atomic mass is 9.98. The summed E-state index contributed by atoms with van der Waals surface area (Å²) in [5, 5.41) is 19.4. The van der Waals surface area contributed by atoms with E-state index in [4.69, 9.17) is 25.2 Å². The Morgan fingerprint density at radius 1 is 1.24 bits per heavy atom. The van der Waals surface area contributed by atoms with Gasteiger partial charge >= 0.3 is 29.2 Å². The van der Waals surface area contributed by atoms with Crippen LogP contribution in [-0.4, -0.2) is 64.3 Å². The molecule has 0 aliphatic heterocycles. The van der Waals surface area contributed by atoms with Crippen LogP contribution in [-0.2, 0) is 38.3 Å². The second kappa shape index (κ2) is 11.2. The Bertz CT molecular complexity index is 1060. The molecule has 0 amide bonds. The van der Waals surface area contributed by atoms with Crippen molar-refractivity contribution in [3.05, 3.63) is 34.8 Å². The van der Waals surface area contributed by atoms with Crippen molar-refractivity contribution in [2.24, 2.45) is 0 Å². The summed E-state index contributed by atoms with van der Waals surface area (Å²) in [6, 6.07) is 1.10. The van der Waals surface area contributed by atoms with Gasteiger partial charge in [-0.05, 0) is 6.07 Å². The molecule has 22 heteroatoms. The number of aromatic nitrogens is 2. The van der Waals surface area contributed by atoms with Crippen molar-refractivity contribution < 1.29 is 70.1 Å². The molecule has 0 saturated heterocycles. The van der Waals surface area contributed by atoms with E-state index in [0.717, 1.165) is 12.3 Å². The number of nitrogens with two attached hydrogens (primary N) is 1. The number of alkyl halides is 1. The van der Waals surface area contributed by atoms with Gasteiger partial charge in [0.2, 0.25) is 0 Å². The van der Waals surface area contributed by atoms with Crippen LogP contribution >= 0.6 is 23.5 Å². The molecule has 0 aliphatic rings. The van der Waals surface area contributed by atoms with Crippen molar-refractivity contribution in [1.82, 2.24) is 9.55 Å². The van der Waals surface area contributed by atoms with E-state index in [-0.39, 0.29) is 5.82 Å². The van der Waals surface area contributed by atoms with Gasteiger partial charge in [-0.15, -0.1) is 0 Å². The Hall–Kier alpha value is -1.59. The number of phosphoric ester groups is 1. The first kappa shape index (κ1) is 29.4. The molecule has 2 unspecified atom stereocenters. The van der Waals surface area contributed by atoms with Crippen LogP contribution in [0.5, 0.6) is 0 Å². The highest BCUT2D eigenvalue weighted by Crippen LogP contribution is 2.66. The van der Waals surface area contributed by atoms with Gasteiger partial charge in [0, 0.05) is 6.20 Å². The number of hydrogen-bond acceptors (Lipinski definition) is 12. The number of nitrogen functional groups attached to an aromatic ring is 1. The summed E-state index contributed by atoms with van der Waals surface area (Å²) < 4.78 is 77.1. The maximum Gasteiger partial charge on any atom is 0.490 e. The highest BCUT2D eigenvalue weighted by Gasteiger charge is 2.47. The number of aliphatic hydroxyl groups is 2. The summed E-state index contributed by atoms with van der Waals surface area (Å²) in [6.07, 6.45) is -2.26. The van der Waals surface area contributed by atoms with E-state index in [2.05, 4.69) is 18.1 Å². The van der Waals surface area contributed by atoms with Crippen molar-refractivity contribution in [2.75, 3.05) is 19.0 Å². The monoisotopic (exact) mass is 547 g/mol. The number of nitrogens with zero attached hydrogens (tertiary/aromatic N) is 2. The van der Waals surface area contributed by atoms with E-state index in [1.54, 1.807) is 0 Å². The first-order chi connectivity index (χ1) is 15.0. The molecule has 0 bridgehead atoms. The molecule has 4 atom stereocenters. The number of halogens is 2. The molecule has 0 saturated carbocycles. The molecule has 1 rings (SSSR count). The fourth-order valence-corrected chi connectivity index (χ4v) is 4.99. The number of phosphoric acid groups is 3. The summed E-state index contributed by atoms with van der Waals surface area (Å²) in [7, 11) is -17.5. The van der Waals surface area contributed by atoms with Gasteiger partial charge in [0.1, 0.15) is 31.7 Å². The minimum Gasteiger partial charge on any atom is -0.507 e. The van der Waals surface area contributed by atoms with Crippen LogP contribution in [0.3, 0.4) is 0 Å². The average molecular weight is 547 g/mol. The highest BCUT2D eigenvalue weighted by molar-refractivity contribution is 7.66. The van der Waals surface area contributed by atoms with E-state index >= 15 is 0 Å². The zero-order chi connectivity index (χ0) is 25.7. The molecule has 17 nitrogen and oxygen atoms in total. The molecule has 0 fully saturated rings. The maximum atomic E-state index is 13.9. The van der Waals surface area contributed by atoms with Gasteiger partial charge in [-0.25, -0.2) is 27.3 Å². The van der Waals surface area contributed by atoms with E-state index in [1.807, 2.05) is 0 Å². The van der Waals surface area contributed by atoms with Gasteiger partial charge in [0.25, 0.3) is 0 Å². The van der Waals surface area contributed by atoms with Crippen LogP contribution in [0.25, 0.3) is 0 Å². The molecule has 1 aromatic heterocycles. The summed E-state index contributed by atoms with van der Waals surface area (Å²) >= 11 is 0. The van der Waals surface area contributed by atoms with Crippen molar-refractivity contribution >= 4 is 29.3 Å². The minimum atomic E-state index is -5.93. The molecular weight excluding hydrogens is 529 g/mol. The van der Waals surface area contributed by atoms with E-state index in [0.29, 0.717) is 4.57 Å². The molecule has 33 heavy (non-hydrogen) atoms. The number of aliphatic hydroxyl groups excluding tert-OH is 2. The summed E-state index contributed by atoms with van der Waals surface area (Å²) in [6.45, 7) is -4.52. The van der Waals surface area contributed by atoms with E-state index < -0.39 is 73.0 Å². The van der Waals surface area contributed by atoms with Gasteiger partial charge in [0.05, 0.1) is 6.61 Å². The Morgan fingerprint density at radius 2 is 1.85 bits per heavy atom. The van der Waals surface area contributed by atoms with Crippen LogP contribution in [0, 0.1) is 0 Å². The molecular formula is C11H18F2N3O14P3. The SMILES string of the molecule is Nc1ccn(CO[C@](CF)(COP(=O)(O)OP(=O)(O)OP(=O)(O)O)[C@@H](O)/C(O)=C/F)c(=O)n1. The largest absolute Gasteiger partial charge is 0.507 e. The molecule has 0 radical (unpaired) electrons. The fourth-order valence-electron chi connectivity index (χ4n) is 1.91. The standard InChI is InChI=1S/C11H18F2N3O14P3/c12-3-7(17)9(18)11(4-13,27-6-16-2-1-8(14)15-10(16)19)5-28-32(23,24)30-33(25,26)29-31(20,21)22/h1-3,9,17-18H,4-6H2,(H,23,24)(H,25,26)(H2,14,15,19)(H2,20,21,22)/b7-3-/t9-,11+/m0/s1. The van der Waals surface area contributed by atoms with Crippen LogP contribution < -0.4 is 11.4 Å². The Balaban J connectivity index is 3.16. The van der Waals surface area contributed by atoms with Crippen molar-refractivity contribution in [2.45, 2.75) is 18.4 Å². The number of hydrogen-bond donors (Lipinski definition) is 7. The van der Waals surface area contributed by atoms with E-state index in [1.165, 1.54) is 0 Å². The first-order valence-corrected chi connectivity index (χ1v) is 12.5. The normalized spacial score (nSPS) is 19.3. The maximum absolute atomic E-state index is 13.9. The second-order valence-electron chi connectivity index (χ2n) is 5.88. The third-order valence-corrected chi connectivity index (χ3v) is 7.17.